The molecule has 1 unspecified atom stereocenters. The average Bonchev–Trinajstić information content (AvgIpc) is 2.61. The number of likely N-dealkylation sites (N-methyl/N-ethyl adjacent to an activating group) is 1. The monoisotopic (exact) mass is 378 g/mol. The number of hydrogen-bond acceptors (Lipinski definition) is 5. The Morgan fingerprint density at radius 2 is 1.78 bits per heavy atom. The minimum absolute atomic E-state index is 0.552. The Hall–Kier alpha value is -2.12. The smallest absolute Gasteiger partial charge is 0.410 e. The van der Waals surface area contributed by atoms with Crippen molar-refractivity contribution < 1.29 is 14.3 Å². The first kappa shape index (κ1) is 22.9. The van der Waals surface area contributed by atoms with Crippen LogP contribution >= 0.6 is 0 Å². The number of piperazine rings is 1. The molecule has 0 aromatic heterocycles. The molecule has 0 bridgehead atoms. The van der Waals surface area contributed by atoms with E-state index in [4.69, 9.17) is 10.5 Å². The first-order chi connectivity index (χ1) is 12.6. The zero-order chi connectivity index (χ0) is 20.4. The van der Waals surface area contributed by atoms with E-state index in [0.717, 1.165) is 19.6 Å². The van der Waals surface area contributed by atoms with Gasteiger partial charge in [-0.3, -0.25) is 14.6 Å². The third-order valence-corrected chi connectivity index (χ3v) is 4.13. The molecule has 2 rings (SSSR count). The van der Waals surface area contributed by atoms with Crippen LogP contribution in [-0.4, -0.2) is 66.7 Å². The van der Waals surface area contributed by atoms with Gasteiger partial charge in [-0.1, -0.05) is 30.3 Å². The van der Waals surface area contributed by atoms with Crippen molar-refractivity contribution in [2.24, 2.45) is 5.73 Å². The van der Waals surface area contributed by atoms with E-state index in [0.29, 0.717) is 0 Å². The first-order valence-electron chi connectivity index (χ1n) is 9.32. The Bertz CT molecular complexity index is 581. The minimum Gasteiger partial charge on any atom is -0.444 e. The molecule has 1 aromatic rings. The third-order valence-electron chi connectivity index (χ3n) is 4.13. The average molecular weight is 379 g/mol. The summed E-state index contributed by atoms with van der Waals surface area (Å²) in [6.45, 7) is 12.5. The van der Waals surface area contributed by atoms with E-state index in [1.165, 1.54) is 30.6 Å². The van der Waals surface area contributed by atoms with Gasteiger partial charge in [-0.15, -0.1) is 0 Å². The number of ether oxygens (including phenoxy) is 1. The second-order valence-corrected chi connectivity index (χ2v) is 7.68. The standard InChI is InChI=1S/C11H16N2.C9H18N2O3/c1-2-4-11(5-3-1)10-13-8-6-12-7-9-13;1-6(7(10)12)11(5)8(13)14-9(2,3)4/h1-5,12H,6-10H2;6H,1-5H3,(H2,10,12). The summed E-state index contributed by atoms with van der Waals surface area (Å²) in [4.78, 5) is 25.9. The highest BCUT2D eigenvalue weighted by atomic mass is 16.6. The lowest BCUT2D eigenvalue weighted by molar-refractivity contribution is -0.122. The van der Waals surface area contributed by atoms with E-state index in [1.807, 2.05) is 0 Å². The van der Waals surface area contributed by atoms with E-state index in [-0.39, 0.29) is 0 Å². The van der Waals surface area contributed by atoms with Gasteiger partial charge in [-0.05, 0) is 33.3 Å². The fourth-order valence-electron chi connectivity index (χ4n) is 2.39. The Balaban J connectivity index is 0.000000270. The highest BCUT2D eigenvalue weighted by molar-refractivity contribution is 5.83. The molecule has 1 fully saturated rings. The molecule has 3 N–H and O–H groups in total. The maximum Gasteiger partial charge on any atom is 0.410 e. The van der Waals surface area contributed by atoms with Crippen LogP contribution in [0.3, 0.4) is 0 Å². The normalized spacial score (nSPS) is 15.9. The molecular weight excluding hydrogens is 344 g/mol. The molecule has 1 heterocycles. The number of nitrogens with one attached hydrogen (secondary N) is 1. The zero-order valence-electron chi connectivity index (χ0n) is 17.2. The quantitative estimate of drug-likeness (QED) is 0.834. The van der Waals surface area contributed by atoms with E-state index in [2.05, 4.69) is 40.5 Å². The van der Waals surface area contributed by atoms with Crippen molar-refractivity contribution in [3.63, 3.8) is 0 Å². The number of nitrogens with two attached hydrogens (primary N) is 1. The van der Waals surface area contributed by atoms with Crippen LogP contribution in [0.15, 0.2) is 30.3 Å². The lowest BCUT2D eigenvalue weighted by Crippen LogP contribution is -2.45. The summed E-state index contributed by atoms with van der Waals surface area (Å²) in [7, 11) is 1.48. The minimum atomic E-state index is -0.662. The Kier molecular flexibility index (Phi) is 9.25. The predicted molar refractivity (Wildman–Crippen MR) is 107 cm³/mol. The molecular formula is C20H34N4O3. The van der Waals surface area contributed by atoms with E-state index < -0.39 is 23.6 Å². The molecule has 0 saturated carbocycles. The summed E-state index contributed by atoms with van der Waals surface area (Å²) in [5, 5.41) is 3.36. The number of rotatable bonds is 4. The largest absolute Gasteiger partial charge is 0.444 e. The number of carbonyl (C=O) groups excluding carboxylic acids is 2. The van der Waals surface area contributed by atoms with Gasteiger partial charge >= 0.3 is 6.09 Å². The topological polar surface area (TPSA) is 87.9 Å². The molecule has 7 heteroatoms. The number of primary amides is 1. The number of nitrogens with zero attached hydrogens (tertiary/aromatic N) is 2. The van der Waals surface area contributed by atoms with Crippen LogP contribution < -0.4 is 11.1 Å². The molecule has 1 saturated heterocycles. The van der Waals surface area contributed by atoms with Gasteiger partial charge in [0.25, 0.3) is 0 Å². The highest BCUT2D eigenvalue weighted by Crippen LogP contribution is 2.10. The van der Waals surface area contributed by atoms with Gasteiger partial charge < -0.3 is 15.8 Å². The number of benzene rings is 1. The van der Waals surface area contributed by atoms with Crippen molar-refractivity contribution in [1.82, 2.24) is 15.1 Å². The van der Waals surface area contributed by atoms with Crippen LogP contribution in [0.1, 0.15) is 33.3 Å². The summed E-state index contributed by atoms with van der Waals surface area (Å²) >= 11 is 0. The van der Waals surface area contributed by atoms with Gasteiger partial charge in [0.2, 0.25) is 5.91 Å². The molecule has 0 radical (unpaired) electrons. The molecule has 152 valence electrons. The van der Waals surface area contributed by atoms with E-state index in [9.17, 15) is 9.59 Å². The van der Waals surface area contributed by atoms with Crippen molar-refractivity contribution in [3.05, 3.63) is 35.9 Å². The van der Waals surface area contributed by atoms with Crippen molar-refractivity contribution in [3.8, 4) is 0 Å². The molecule has 1 aromatic carbocycles. The SMILES string of the molecule is CC(C(N)=O)N(C)C(=O)OC(C)(C)C.c1ccc(CN2CCNCC2)cc1. The van der Waals surface area contributed by atoms with Crippen molar-refractivity contribution >= 4 is 12.0 Å². The van der Waals surface area contributed by atoms with Gasteiger partial charge in [0.15, 0.2) is 0 Å². The molecule has 2 amide bonds. The van der Waals surface area contributed by atoms with E-state index >= 15 is 0 Å². The third kappa shape index (κ3) is 9.40. The van der Waals surface area contributed by atoms with Crippen LogP contribution in [0.5, 0.6) is 0 Å². The second-order valence-electron chi connectivity index (χ2n) is 7.68. The van der Waals surface area contributed by atoms with Crippen LogP contribution in [-0.2, 0) is 16.1 Å². The van der Waals surface area contributed by atoms with Crippen LogP contribution in [0, 0.1) is 0 Å². The van der Waals surface area contributed by atoms with Crippen molar-refractivity contribution in [1.29, 1.82) is 0 Å². The molecule has 1 aliphatic rings. The Labute approximate surface area is 162 Å². The van der Waals surface area contributed by atoms with E-state index in [1.54, 1.807) is 27.7 Å². The second kappa shape index (κ2) is 10.9. The summed E-state index contributed by atoms with van der Waals surface area (Å²) in [6.07, 6.45) is -0.552. The molecule has 0 aliphatic carbocycles. The molecule has 1 aliphatic heterocycles. The number of carbonyl (C=O) groups is 2. The molecule has 7 nitrogen and oxygen atoms in total. The number of amides is 2. The Morgan fingerprint density at radius 1 is 1.22 bits per heavy atom. The fraction of sp³-hybridized carbons (Fsp3) is 0.600. The maximum absolute atomic E-state index is 11.4. The van der Waals surface area contributed by atoms with Gasteiger partial charge in [-0.25, -0.2) is 4.79 Å². The highest BCUT2D eigenvalue weighted by Gasteiger charge is 2.25. The predicted octanol–water partition coefficient (Wildman–Crippen LogP) is 1.82. The van der Waals surface area contributed by atoms with Gasteiger partial charge in [0.05, 0.1) is 0 Å². The summed E-state index contributed by atoms with van der Waals surface area (Å²) in [5.41, 5.74) is 5.90. The van der Waals surface area contributed by atoms with Crippen LogP contribution in [0.4, 0.5) is 4.79 Å². The van der Waals surface area contributed by atoms with Crippen molar-refractivity contribution in [2.75, 3.05) is 33.2 Å². The molecule has 1 atom stereocenters. The fourth-order valence-corrected chi connectivity index (χ4v) is 2.39. The summed E-state index contributed by atoms with van der Waals surface area (Å²) < 4.78 is 5.05. The van der Waals surface area contributed by atoms with Crippen LogP contribution in [0.2, 0.25) is 0 Å². The molecule has 27 heavy (non-hydrogen) atoms. The van der Waals surface area contributed by atoms with Crippen LogP contribution in [0.25, 0.3) is 0 Å². The Morgan fingerprint density at radius 3 is 2.26 bits per heavy atom. The van der Waals surface area contributed by atoms with Gasteiger partial charge in [-0.2, -0.15) is 0 Å². The zero-order valence-corrected chi connectivity index (χ0v) is 17.2. The first-order valence-corrected chi connectivity index (χ1v) is 9.32. The lowest BCUT2D eigenvalue weighted by Gasteiger charge is -2.27. The van der Waals surface area contributed by atoms with Crippen molar-refractivity contribution in [2.45, 2.75) is 45.9 Å². The lowest BCUT2D eigenvalue weighted by atomic mass is 10.2. The summed E-state index contributed by atoms with van der Waals surface area (Å²) in [5.74, 6) is -0.557. The molecule has 0 spiro atoms. The number of hydrogen-bond donors (Lipinski definition) is 2. The maximum atomic E-state index is 11.4. The summed E-state index contributed by atoms with van der Waals surface area (Å²) in [6, 6.07) is 10.0. The van der Waals surface area contributed by atoms with Gasteiger partial charge in [0.1, 0.15) is 11.6 Å². The van der Waals surface area contributed by atoms with Gasteiger partial charge in [0, 0.05) is 39.8 Å².